The molecule has 1 aromatic heterocycles. The van der Waals surface area contributed by atoms with E-state index in [1.807, 2.05) is 0 Å². The van der Waals surface area contributed by atoms with Crippen LogP contribution in [0.5, 0.6) is 0 Å². The van der Waals surface area contributed by atoms with Crippen LogP contribution in [0.2, 0.25) is 0 Å². The zero-order valence-corrected chi connectivity index (χ0v) is 8.71. The Labute approximate surface area is 75.4 Å². The minimum atomic E-state index is -0.479. The Morgan fingerprint density at radius 1 is 1.42 bits per heavy atom. The highest BCUT2D eigenvalue weighted by Gasteiger charge is 2.02. The zero-order valence-electron chi connectivity index (χ0n) is 6.71. The first-order chi connectivity index (χ1) is 5.66. The van der Waals surface area contributed by atoms with Crippen molar-refractivity contribution in [3.05, 3.63) is 21.0 Å². The molecule has 0 saturated heterocycles. The molecule has 0 aliphatic carbocycles. The van der Waals surface area contributed by atoms with Crippen LogP contribution in [0.3, 0.4) is 0 Å². The molecule has 0 aliphatic heterocycles. The predicted octanol–water partition coefficient (Wildman–Crippen LogP) is -1.91. The van der Waals surface area contributed by atoms with Gasteiger partial charge in [0.25, 0.3) is 0 Å². The van der Waals surface area contributed by atoms with Gasteiger partial charge in [-0.05, 0) is 6.42 Å². The Morgan fingerprint density at radius 3 is 2.50 bits per heavy atom. The van der Waals surface area contributed by atoms with Crippen molar-refractivity contribution in [2.75, 3.05) is 6.67 Å². The maximum atomic E-state index is 11.7. The number of halogens is 1. The van der Waals surface area contributed by atoms with E-state index in [1.54, 1.807) is 0 Å². The Kier molecular flexibility index (Phi) is 2.89. The first-order valence-electron chi connectivity index (χ1n) is 3.59. The molecule has 7 heteroatoms. The number of hydrogen-bond donors (Lipinski definition) is 1. The molecule has 0 aliphatic rings. The molecule has 0 saturated carbocycles. The summed E-state index contributed by atoms with van der Waals surface area (Å²) in [5, 5.41) is 0. The summed E-state index contributed by atoms with van der Waals surface area (Å²) >= 11 is 0.429. The number of aromatic amines is 1. The molecule has 0 amide bonds. The molecule has 1 heterocycles. The lowest BCUT2D eigenvalue weighted by molar-refractivity contribution is 0.423. The molecule has 0 aromatic carbocycles. The molecule has 1 rings (SSSR count). The molecule has 66 valence electrons. The van der Waals surface area contributed by atoms with E-state index in [0.29, 0.717) is 16.5 Å². The minimum absolute atomic E-state index is 0.261. The van der Waals surface area contributed by atoms with Crippen molar-refractivity contribution in [1.29, 1.82) is 0 Å². The van der Waals surface area contributed by atoms with Crippen LogP contribution in [0, 0.1) is 0 Å². The fraction of sp³-hybridized carbons (Fsp3) is 0.600. The van der Waals surface area contributed by atoms with Gasteiger partial charge in [-0.1, -0.05) is 0 Å². The summed E-state index contributed by atoms with van der Waals surface area (Å²) < 4.78 is 14.3. The molecule has 12 heavy (non-hydrogen) atoms. The van der Waals surface area contributed by atoms with Crippen molar-refractivity contribution in [2.24, 2.45) is 0 Å². The fourth-order valence-corrected chi connectivity index (χ4v) is 1.44. The van der Waals surface area contributed by atoms with Crippen LogP contribution < -0.4 is 11.4 Å². The third-order valence-electron chi connectivity index (χ3n) is 1.61. The number of nitrogens with one attached hydrogen (secondary N) is 1. The molecule has 0 fully saturated rings. The van der Waals surface area contributed by atoms with Gasteiger partial charge in [0.1, 0.15) is 0 Å². The summed E-state index contributed by atoms with van der Waals surface area (Å²) in [5.74, 6) is 0. The maximum absolute atomic E-state index is 11.7. The first kappa shape index (κ1) is 9.29. The number of alkyl halides is 1. The lowest BCUT2D eigenvalue weighted by atomic mass is 10.5. The monoisotopic (exact) mass is 189 g/mol. The van der Waals surface area contributed by atoms with Crippen LogP contribution >= 0.6 is 0 Å². The lowest BCUT2D eigenvalue weighted by Gasteiger charge is -2.02. The lowest BCUT2D eigenvalue weighted by Crippen LogP contribution is -2.25. The van der Waals surface area contributed by atoms with Crippen LogP contribution in [-0.2, 0) is 6.54 Å². The van der Waals surface area contributed by atoms with E-state index in [9.17, 15) is 14.0 Å². The average Bonchev–Trinajstić information content (AvgIpc) is 2.25. The molecule has 1 N–H and O–H groups in total. The summed E-state index contributed by atoms with van der Waals surface area (Å²) in [5.41, 5.74) is -0.867. The van der Waals surface area contributed by atoms with Crippen LogP contribution in [0.15, 0.2) is 9.59 Å². The van der Waals surface area contributed by atoms with Gasteiger partial charge >= 0.3 is 27.9 Å². The van der Waals surface area contributed by atoms with E-state index in [2.05, 4.69) is 4.98 Å². The Balaban J connectivity index is 2.98. The molecule has 1 aromatic rings. The summed E-state index contributed by atoms with van der Waals surface area (Å²) in [7, 11) is 0. The Bertz CT molecular complexity index is 366. The number of rotatable bonds is 3. The average molecular weight is 189 g/mol. The number of H-pyrrole nitrogens is 1. The summed E-state index contributed by atoms with van der Waals surface area (Å²) in [6.45, 7) is -0.217. The standard InChI is InChI=1S/C5H8FN3O2.Al.2H/c6-2-1-3-9-5(11)7-4(10)8-9;;;/h1-3H2,(H2,7,8,10,11);;;/q;+1;;/p-1. The van der Waals surface area contributed by atoms with Crippen molar-refractivity contribution in [3.63, 3.8) is 0 Å². The van der Waals surface area contributed by atoms with Gasteiger partial charge in [-0.15, -0.1) is 0 Å². The molecule has 0 spiro atoms. The molecule has 0 radical (unpaired) electrons. The summed E-state index contributed by atoms with van der Waals surface area (Å²) in [4.78, 5) is 23.9. The van der Waals surface area contributed by atoms with Crippen molar-refractivity contribution < 1.29 is 4.39 Å². The molecule has 0 atom stereocenters. The minimum Gasteiger partial charge on any atom is -0.339 e. The van der Waals surface area contributed by atoms with Crippen LogP contribution in [0.1, 0.15) is 6.42 Å². The van der Waals surface area contributed by atoms with Crippen LogP contribution in [-0.4, -0.2) is 36.5 Å². The third kappa shape index (κ3) is 1.68. The van der Waals surface area contributed by atoms with Gasteiger partial charge in [-0.25, -0.2) is 9.59 Å². The highest BCUT2D eigenvalue weighted by atomic mass is 27.1. The van der Waals surface area contributed by atoms with Gasteiger partial charge in [0.15, 0.2) is 0 Å². The van der Waals surface area contributed by atoms with Crippen LogP contribution in [0.25, 0.3) is 0 Å². The van der Waals surface area contributed by atoms with E-state index >= 15 is 0 Å². The predicted molar refractivity (Wildman–Crippen MR) is 43.8 cm³/mol. The van der Waals surface area contributed by atoms with Gasteiger partial charge < -0.3 is 3.67 Å². The topological polar surface area (TPSA) is 59.8 Å². The molecular weight excluding hydrogens is 180 g/mol. The Morgan fingerprint density at radius 2 is 2.08 bits per heavy atom. The number of nitrogens with zero attached hydrogens (tertiary/aromatic N) is 2. The maximum Gasteiger partial charge on any atom is 0.403 e. The van der Waals surface area contributed by atoms with Crippen molar-refractivity contribution in [2.45, 2.75) is 13.0 Å². The molecule has 0 bridgehead atoms. The normalized spacial score (nSPS) is 10.4. The molecule has 0 unspecified atom stereocenters. The second-order valence-corrected chi connectivity index (χ2v) is 3.27. The smallest absolute Gasteiger partial charge is 0.339 e. The first-order valence-corrected chi connectivity index (χ1v) is 4.48. The fourth-order valence-electron chi connectivity index (χ4n) is 0.944. The molecule has 5 nitrogen and oxygen atoms in total. The van der Waals surface area contributed by atoms with Gasteiger partial charge in [0.2, 0.25) is 0 Å². The van der Waals surface area contributed by atoms with Crippen molar-refractivity contribution >= 4 is 16.5 Å². The largest absolute Gasteiger partial charge is 0.403 e. The van der Waals surface area contributed by atoms with Gasteiger partial charge in [0, 0.05) is 6.54 Å². The SMILES string of the molecule is O=c1[nH]c(=O)n(CCCF)[n]1[AlH2]. The molecular formula is C5H9AlFN3O2. The highest BCUT2D eigenvalue weighted by Crippen LogP contribution is 1.83. The van der Waals surface area contributed by atoms with E-state index < -0.39 is 18.1 Å². The third-order valence-corrected chi connectivity index (χ3v) is 2.50. The van der Waals surface area contributed by atoms with E-state index in [-0.39, 0.29) is 13.0 Å². The van der Waals surface area contributed by atoms with E-state index in [4.69, 9.17) is 0 Å². The highest BCUT2D eigenvalue weighted by molar-refractivity contribution is 6.05. The van der Waals surface area contributed by atoms with Crippen molar-refractivity contribution in [3.8, 4) is 0 Å². The van der Waals surface area contributed by atoms with E-state index in [1.165, 1.54) is 8.35 Å². The van der Waals surface area contributed by atoms with Gasteiger partial charge in [-0.2, -0.15) is 0 Å². The summed E-state index contributed by atoms with van der Waals surface area (Å²) in [6, 6.07) is 0. The van der Waals surface area contributed by atoms with E-state index in [0.717, 1.165) is 0 Å². The summed E-state index contributed by atoms with van der Waals surface area (Å²) in [6.07, 6.45) is 0.263. The van der Waals surface area contributed by atoms with Crippen molar-refractivity contribution in [1.82, 2.24) is 13.3 Å². The second kappa shape index (κ2) is 3.74. The van der Waals surface area contributed by atoms with Gasteiger partial charge in [0.05, 0.1) is 6.67 Å². The number of hydrogen-bond acceptors (Lipinski definition) is 2. The quantitative estimate of drug-likeness (QED) is 0.564. The zero-order chi connectivity index (χ0) is 9.14. The second-order valence-electron chi connectivity index (χ2n) is 2.42. The van der Waals surface area contributed by atoms with Crippen LogP contribution in [0.4, 0.5) is 4.39 Å². The Hall–Kier alpha value is -0.798. The number of aromatic nitrogens is 3. The van der Waals surface area contributed by atoms with Gasteiger partial charge in [-0.3, -0.25) is 14.1 Å².